The van der Waals surface area contributed by atoms with E-state index in [0.29, 0.717) is 53.1 Å². The fourth-order valence-corrected chi connectivity index (χ4v) is 4.87. The number of anilines is 4. The Balaban J connectivity index is 1.40. The number of aromatic nitrogens is 5. The van der Waals surface area contributed by atoms with Crippen LogP contribution in [0.15, 0.2) is 55.1 Å². The third kappa shape index (κ3) is 5.80. The van der Waals surface area contributed by atoms with Gasteiger partial charge in [-0.2, -0.15) is 5.10 Å². The number of carbonyl (C=O) groups excluding carboxylic acids is 1. The van der Waals surface area contributed by atoms with Crippen molar-refractivity contribution in [3.63, 3.8) is 0 Å². The number of ketones is 1. The van der Waals surface area contributed by atoms with Crippen molar-refractivity contribution in [3.8, 4) is 17.1 Å². The number of methoxy groups -OCH3 is 1. The van der Waals surface area contributed by atoms with E-state index in [1.165, 1.54) is 0 Å². The van der Waals surface area contributed by atoms with Crippen LogP contribution in [0.4, 0.5) is 23.0 Å². The predicted octanol–water partition coefficient (Wildman–Crippen LogP) is 4.49. The molecule has 1 fully saturated rings. The lowest BCUT2D eigenvalue weighted by Gasteiger charge is -2.24. The largest absolute Gasteiger partial charge is 0.494 e. The minimum atomic E-state index is -0.262. The highest BCUT2D eigenvalue weighted by Gasteiger charge is 2.25. The van der Waals surface area contributed by atoms with Gasteiger partial charge in [-0.1, -0.05) is 19.1 Å². The minimum absolute atomic E-state index is 0.0356. The maximum atomic E-state index is 12.8. The first-order chi connectivity index (χ1) is 19.4. The Morgan fingerprint density at radius 3 is 2.60 bits per heavy atom. The second kappa shape index (κ2) is 11.8. The highest BCUT2D eigenvalue weighted by Crippen LogP contribution is 2.37. The fraction of sp³-hybridized carbons (Fsp3) is 0.345. The van der Waals surface area contributed by atoms with Gasteiger partial charge in [0.15, 0.2) is 17.4 Å². The highest BCUT2D eigenvalue weighted by atomic mass is 16.5. The van der Waals surface area contributed by atoms with Gasteiger partial charge < -0.3 is 20.5 Å². The molecule has 0 bridgehead atoms. The van der Waals surface area contributed by atoms with Crippen LogP contribution in [-0.2, 0) is 7.05 Å². The Hall–Kier alpha value is -4.35. The molecule has 4 heterocycles. The molecular formula is C29H34N8O3. The molecule has 1 aliphatic heterocycles. The number of pyridine rings is 2. The van der Waals surface area contributed by atoms with Gasteiger partial charge in [0.1, 0.15) is 18.0 Å². The first kappa shape index (κ1) is 27.2. The molecule has 0 radical (unpaired) electrons. The van der Waals surface area contributed by atoms with Crippen LogP contribution < -0.4 is 15.4 Å². The summed E-state index contributed by atoms with van der Waals surface area (Å²) >= 11 is 0. The minimum Gasteiger partial charge on any atom is -0.494 e. The number of aliphatic hydroxyl groups is 1. The lowest BCUT2D eigenvalue weighted by Crippen LogP contribution is -2.25. The predicted molar refractivity (Wildman–Crippen MR) is 153 cm³/mol. The van der Waals surface area contributed by atoms with Crippen molar-refractivity contribution in [2.24, 2.45) is 7.05 Å². The van der Waals surface area contributed by atoms with Crippen molar-refractivity contribution in [2.45, 2.75) is 38.8 Å². The number of aliphatic hydroxyl groups excluding tert-OH is 1. The van der Waals surface area contributed by atoms with E-state index in [9.17, 15) is 9.90 Å². The SMILES string of the molecule is CCC(=O)c1cnc(Nc2ccc([C@@H](C)N3CC[C@@H](O)C3)cn2)cc1Nc1cccc(-c2ncn(C)n2)c1OC. The van der Waals surface area contributed by atoms with Gasteiger partial charge in [0.05, 0.1) is 35.7 Å². The Labute approximate surface area is 233 Å². The number of aryl methyl sites for hydroxylation is 1. The van der Waals surface area contributed by atoms with Gasteiger partial charge in [-0.15, -0.1) is 0 Å². The number of β-amino-alcohol motifs (C(OH)–C–C–N with tert-alkyl or cyclic N) is 1. The van der Waals surface area contributed by atoms with Gasteiger partial charge in [0.2, 0.25) is 0 Å². The third-order valence-electron chi connectivity index (χ3n) is 7.12. The molecule has 0 spiro atoms. The van der Waals surface area contributed by atoms with E-state index in [1.807, 2.05) is 43.5 Å². The zero-order chi connectivity index (χ0) is 28.2. The van der Waals surface area contributed by atoms with Gasteiger partial charge in [-0.3, -0.25) is 14.4 Å². The highest BCUT2D eigenvalue weighted by molar-refractivity contribution is 6.02. The van der Waals surface area contributed by atoms with Gasteiger partial charge >= 0.3 is 0 Å². The average Bonchev–Trinajstić information content (AvgIpc) is 3.60. The molecular weight excluding hydrogens is 508 g/mol. The van der Waals surface area contributed by atoms with Crippen LogP contribution in [0.1, 0.15) is 48.7 Å². The molecule has 5 rings (SSSR count). The van der Waals surface area contributed by atoms with Crippen molar-refractivity contribution in [1.82, 2.24) is 29.6 Å². The number of rotatable bonds is 10. The zero-order valence-electron chi connectivity index (χ0n) is 23.1. The lowest BCUT2D eigenvalue weighted by molar-refractivity contribution is 0.0988. The van der Waals surface area contributed by atoms with Gasteiger partial charge in [-0.05, 0) is 37.1 Å². The number of ether oxygens (including phenoxy) is 1. The Morgan fingerprint density at radius 2 is 1.95 bits per heavy atom. The van der Waals surface area contributed by atoms with Crippen molar-refractivity contribution >= 4 is 28.8 Å². The van der Waals surface area contributed by atoms with Crippen LogP contribution in [0.3, 0.4) is 0 Å². The van der Waals surface area contributed by atoms with Crippen molar-refractivity contribution < 1.29 is 14.6 Å². The van der Waals surface area contributed by atoms with Crippen molar-refractivity contribution in [2.75, 3.05) is 30.8 Å². The Kier molecular flexibility index (Phi) is 8.04. The summed E-state index contributed by atoms with van der Waals surface area (Å²) < 4.78 is 7.37. The second-order valence-electron chi connectivity index (χ2n) is 9.86. The third-order valence-corrected chi connectivity index (χ3v) is 7.12. The maximum absolute atomic E-state index is 12.8. The number of nitrogens with zero attached hydrogens (tertiary/aromatic N) is 6. The van der Waals surface area contributed by atoms with Crippen molar-refractivity contribution in [3.05, 3.63) is 66.2 Å². The molecule has 0 aliphatic carbocycles. The monoisotopic (exact) mass is 542 g/mol. The van der Waals surface area contributed by atoms with Crippen molar-refractivity contribution in [1.29, 1.82) is 0 Å². The van der Waals surface area contributed by atoms with E-state index in [2.05, 4.69) is 42.5 Å². The number of para-hydroxylation sites is 1. The molecule has 3 aromatic heterocycles. The number of hydrogen-bond donors (Lipinski definition) is 3. The molecule has 1 aromatic carbocycles. The van der Waals surface area contributed by atoms with E-state index in [1.54, 1.807) is 37.4 Å². The number of hydrogen-bond acceptors (Lipinski definition) is 10. The lowest BCUT2D eigenvalue weighted by atomic mass is 10.1. The number of benzene rings is 1. The van der Waals surface area contributed by atoms with Crippen LogP contribution in [0, 0.1) is 0 Å². The van der Waals surface area contributed by atoms with Gasteiger partial charge in [-0.25, -0.2) is 15.0 Å². The first-order valence-electron chi connectivity index (χ1n) is 13.3. The summed E-state index contributed by atoms with van der Waals surface area (Å²) in [5.74, 6) is 2.23. The van der Waals surface area contributed by atoms with Crippen LogP contribution in [0.2, 0.25) is 0 Å². The Bertz CT molecular complexity index is 1490. The maximum Gasteiger partial charge on any atom is 0.184 e. The summed E-state index contributed by atoms with van der Waals surface area (Å²) in [5, 5.41) is 20.9. The summed E-state index contributed by atoms with van der Waals surface area (Å²) in [5.41, 5.74) is 3.53. The van der Waals surface area contributed by atoms with Crippen LogP contribution in [0.5, 0.6) is 5.75 Å². The van der Waals surface area contributed by atoms with Crippen LogP contribution in [-0.4, -0.2) is 66.8 Å². The number of Topliss-reactive ketones (excluding diaryl/α,β-unsaturated/α-hetero) is 1. The van der Waals surface area contributed by atoms with E-state index in [4.69, 9.17) is 4.74 Å². The molecule has 11 nitrogen and oxygen atoms in total. The second-order valence-corrected chi connectivity index (χ2v) is 9.86. The molecule has 208 valence electrons. The average molecular weight is 543 g/mol. The Morgan fingerprint density at radius 1 is 1.12 bits per heavy atom. The summed E-state index contributed by atoms with van der Waals surface area (Å²) in [6.07, 6.45) is 5.92. The van der Waals surface area contributed by atoms with E-state index >= 15 is 0 Å². The van der Waals surface area contributed by atoms with E-state index < -0.39 is 0 Å². The summed E-state index contributed by atoms with van der Waals surface area (Å²) in [4.78, 5) is 28.5. The molecule has 11 heteroatoms. The number of carbonyl (C=O) groups is 1. The summed E-state index contributed by atoms with van der Waals surface area (Å²) in [6, 6.07) is 11.5. The normalized spacial score (nSPS) is 16.1. The van der Waals surface area contributed by atoms with Gasteiger partial charge in [0, 0.05) is 51.1 Å². The summed E-state index contributed by atoms with van der Waals surface area (Å²) in [6.45, 7) is 5.49. The van der Waals surface area contributed by atoms with E-state index in [-0.39, 0.29) is 17.9 Å². The molecule has 2 atom stereocenters. The molecule has 40 heavy (non-hydrogen) atoms. The quantitative estimate of drug-likeness (QED) is 0.246. The fourth-order valence-electron chi connectivity index (χ4n) is 4.87. The van der Waals surface area contributed by atoms with Gasteiger partial charge in [0.25, 0.3) is 0 Å². The molecule has 0 amide bonds. The van der Waals surface area contributed by atoms with Crippen LogP contribution in [0.25, 0.3) is 11.4 Å². The standard InChI is InChI=1S/C29H34N8O3/c1-5-25(39)22-15-31-27(34-26-10-9-19(14-30-26)18(2)37-12-11-20(38)16-37)13-24(22)33-23-8-6-7-21(28(23)40-4)29-32-17-36(3)35-29/h6-10,13-15,17-18,20,38H,5,11-12,16H2,1-4H3,(H2,30,31,33,34)/t18-,20-/m1/s1. The topological polar surface area (TPSA) is 130 Å². The molecule has 0 saturated carbocycles. The number of nitrogens with one attached hydrogen (secondary N) is 2. The zero-order valence-corrected chi connectivity index (χ0v) is 23.1. The molecule has 1 aliphatic rings. The number of likely N-dealkylation sites (tertiary alicyclic amines) is 1. The summed E-state index contributed by atoms with van der Waals surface area (Å²) in [7, 11) is 3.40. The smallest absolute Gasteiger partial charge is 0.184 e. The molecule has 3 N–H and O–H groups in total. The molecule has 1 saturated heterocycles. The molecule has 4 aromatic rings. The first-order valence-corrected chi connectivity index (χ1v) is 13.3. The molecule has 0 unspecified atom stereocenters. The van der Waals surface area contributed by atoms with Crippen LogP contribution >= 0.6 is 0 Å². The van der Waals surface area contributed by atoms with E-state index in [0.717, 1.165) is 24.1 Å².